The number of aryl methyl sites for hydroxylation is 1. The van der Waals surface area contributed by atoms with Crippen molar-refractivity contribution in [2.45, 2.75) is 24.6 Å². The second-order valence-corrected chi connectivity index (χ2v) is 9.71. The maximum Gasteiger partial charge on any atom is 0.347 e. The summed E-state index contributed by atoms with van der Waals surface area (Å²) < 4.78 is 5.31. The number of Topliss-reactive ketones (excluding diaryl/α,β-unsaturated/α-hetero) is 1. The first-order valence-electron chi connectivity index (χ1n) is 11.7. The molecular formula is C31H22N2O3S. The summed E-state index contributed by atoms with van der Waals surface area (Å²) in [5.41, 5.74) is 6.03. The van der Waals surface area contributed by atoms with Crippen molar-refractivity contribution in [2.24, 2.45) is 0 Å². The highest BCUT2D eigenvalue weighted by atomic mass is 32.2. The summed E-state index contributed by atoms with van der Waals surface area (Å²) in [6.45, 7) is 3.39. The van der Waals surface area contributed by atoms with Gasteiger partial charge in [0.05, 0.1) is 11.3 Å². The maximum absolute atomic E-state index is 12.0. The minimum atomic E-state index is -0.633. The third kappa shape index (κ3) is 5.09. The number of aromatic nitrogens is 1. The summed E-state index contributed by atoms with van der Waals surface area (Å²) in [5, 5.41) is 11.4. The molecule has 5 nitrogen and oxygen atoms in total. The van der Waals surface area contributed by atoms with E-state index < -0.39 is 5.63 Å². The second kappa shape index (κ2) is 10.3. The number of rotatable bonds is 6. The second-order valence-electron chi connectivity index (χ2n) is 8.74. The van der Waals surface area contributed by atoms with Gasteiger partial charge < -0.3 is 4.42 Å². The van der Waals surface area contributed by atoms with Crippen molar-refractivity contribution in [3.63, 3.8) is 0 Å². The predicted octanol–water partition coefficient (Wildman–Crippen LogP) is 7.20. The molecule has 180 valence electrons. The lowest BCUT2D eigenvalue weighted by molar-refractivity contribution is 0.101. The lowest BCUT2D eigenvalue weighted by Crippen LogP contribution is -2.10. The molecule has 2 heterocycles. The largest absolute Gasteiger partial charge is 0.422 e. The summed E-state index contributed by atoms with van der Waals surface area (Å²) in [5.74, 6) is 0.206. The van der Waals surface area contributed by atoms with Crippen LogP contribution in [0.4, 0.5) is 0 Å². The first-order valence-corrected chi connectivity index (χ1v) is 12.7. The Kier molecular flexibility index (Phi) is 6.72. The molecule has 2 aromatic heterocycles. The Hall–Kier alpha value is -4.47. The van der Waals surface area contributed by atoms with Gasteiger partial charge >= 0.3 is 5.63 Å². The van der Waals surface area contributed by atoms with E-state index >= 15 is 0 Å². The van der Waals surface area contributed by atoms with Crippen LogP contribution >= 0.6 is 11.8 Å². The molecule has 0 bridgehead atoms. The van der Waals surface area contributed by atoms with Crippen LogP contribution in [0.25, 0.3) is 33.4 Å². The van der Waals surface area contributed by atoms with E-state index in [1.165, 1.54) is 18.7 Å². The molecule has 0 atom stereocenters. The van der Waals surface area contributed by atoms with E-state index in [0.717, 1.165) is 33.5 Å². The number of nitriles is 1. The molecule has 0 N–H and O–H groups in total. The molecule has 0 aliphatic heterocycles. The van der Waals surface area contributed by atoms with Crippen molar-refractivity contribution in [3.05, 3.63) is 118 Å². The molecule has 0 fully saturated rings. The third-order valence-corrected chi connectivity index (χ3v) is 7.13. The Bertz CT molecular complexity index is 1730. The van der Waals surface area contributed by atoms with Crippen molar-refractivity contribution in [1.29, 1.82) is 5.26 Å². The van der Waals surface area contributed by atoms with Crippen molar-refractivity contribution >= 4 is 28.5 Å². The average Bonchev–Trinajstić information content (AvgIpc) is 2.91. The summed E-state index contributed by atoms with van der Waals surface area (Å²) in [4.78, 5) is 28.7. The van der Waals surface area contributed by atoms with E-state index in [0.29, 0.717) is 27.3 Å². The molecule has 0 amide bonds. The number of thioether (sulfide) groups is 1. The van der Waals surface area contributed by atoms with Gasteiger partial charge in [0.15, 0.2) is 5.78 Å². The molecule has 37 heavy (non-hydrogen) atoms. The number of hydrogen-bond acceptors (Lipinski definition) is 6. The highest BCUT2D eigenvalue weighted by molar-refractivity contribution is 7.98. The minimum Gasteiger partial charge on any atom is -0.422 e. The van der Waals surface area contributed by atoms with Gasteiger partial charge in [-0.15, -0.1) is 11.8 Å². The number of carbonyl (C=O) groups is 1. The van der Waals surface area contributed by atoms with Crippen LogP contribution in [0.1, 0.15) is 34.0 Å². The van der Waals surface area contributed by atoms with Gasteiger partial charge in [-0.3, -0.25) is 4.79 Å². The van der Waals surface area contributed by atoms with Gasteiger partial charge in [-0.1, -0.05) is 66.2 Å². The highest BCUT2D eigenvalue weighted by Gasteiger charge is 2.16. The van der Waals surface area contributed by atoms with E-state index in [4.69, 9.17) is 9.40 Å². The summed E-state index contributed by atoms with van der Waals surface area (Å²) in [6, 6.07) is 29.4. The number of ketones is 1. The fourth-order valence-corrected chi connectivity index (χ4v) is 5.06. The fraction of sp³-hybridized carbons (Fsp3) is 0.0968. The SMILES string of the molecule is CC(=O)c1cc2cc(CSc3nc(-c4ccc(C)cc4)cc(-c4ccccc4)c3C#N)ccc2oc1=O. The minimum absolute atomic E-state index is 0.0315. The topological polar surface area (TPSA) is 84.0 Å². The van der Waals surface area contributed by atoms with Crippen molar-refractivity contribution < 1.29 is 9.21 Å². The Morgan fingerprint density at radius 3 is 2.43 bits per heavy atom. The Balaban J connectivity index is 1.56. The number of hydrogen-bond donors (Lipinski definition) is 0. The van der Waals surface area contributed by atoms with Gasteiger partial charge in [0, 0.05) is 22.3 Å². The van der Waals surface area contributed by atoms with E-state index in [2.05, 4.69) is 6.07 Å². The van der Waals surface area contributed by atoms with Crippen LogP contribution in [-0.2, 0) is 5.75 Å². The average molecular weight is 503 g/mol. The van der Waals surface area contributed by atoms with Crippen LogP contribution in [0.2, 0.25) is 0 Å². The van der Waals surface area contributed by atoms with E-state index in [1.54, 1.807) is 12.1 Å². The van der Waals surface area contributed by atoms with E-state index in [-0.39, 0.29) is 11.3 Å². The molecule has 0 saturated heterocycles. The molecule has 0 saturated carbocycles. The smallest absolute Gasteiger partial charge is 0.347 e. The molecular weight excluding hydrogens is 480 g/mol. The highest BCUT2D eigenvalue weighted by Crippen LogP contribution is 2.35. The predicted molar refractivity (Wildman–Crippen MR) is 147 cm³/mol. The normalized spacial score (nSPS) is 10.8. The first kappa shape index (κ1) is 24.2. The fourth-order valence-electron chi connectivity index (χ4n) is 4.11. The standard InChI is InChI=1S/C31H22N2O3S/c1-19-8-11-23(12-9-19)28-16-26(22-6-4-3-5-7-22)27(17-32)30(33-28)37-18-21-10-13-29-24(14-21)15-25(20(2)34)31(35)36-29/h3-16H,18H2,1-2H3. The molecule has 0 unspecified atom stereocenters. The van der Waals surface area contributed by atoms with Gasteiger partial charge in [-0.05, 0) is 49.2 Å². The van der Waals surface area contributed by atoms with Crippen LogP contribution in [-0.4, -0.2) is 10.8 Å². The molecule has 5 rings (SSSR count). The number of fused-ring (bicyclic) bond motifs is 1. The zero-order valence-electron chi connectivity index (χ0n) is 20.3. The molecule has 5 aromatic rings. The van der Waals surface area contributed by atoms with Crippen LogP contribution in [0.5, 0.6) is 0 Å². The van der Waals surface area contributed by atoms with E-state index in [9.17, 15) is 14.9 Å². The van der Waals surface area contributed by atoms with Crippen LogP contribution in [0.3, 0.4) is 0 Å². The molecule has 0 aliphatic rings. The first-order chi connectivity index (χ1) is 17.9. The van der Waals surface area contributed by atoms with Gasteiger partial charge in [0.2, 0.25) is 0 Å². The lowest BCUT2D eigenvalue weighted by Gasteiger charge is -2.13. The van der Waals surface area contributed by atoms with Gasteiger partial charge in [-0.2, -0.15) is 5.26 Å². The lowest BCUT2D eigenvalue weighted by atomic mass is 9.99. The molecule has 0 spiro atoms. The molecule has 3 aromatic carbocycles. The zero-order valence-corrected chi connectivity index (χ0v) is 21.1. The van der Waals surface area contributed by atoms with Crippen molar-refractivity contribution in [1.82, 2.24) is 4.98 Å². The van der Waals surface area contributed by atoms with Gasteiger partial charge in [0.1, 0.15) is 22.2 Å². The number of nitrogens with zero attached hydrogens (tertiary/aromatic N) is 2. The quantitative estimate of drug-likeness (QED) is 0.139. The summed E-state index contributed by atoms with van der Waals surface area (Å²) >= 11 is 1.47. The molecule has 0 aliphatic carbocycles. The monoisotopic (exact) mass is 502 g/mol. The third-order valence-electron chi connectivity index (χ3n) is 6.08. The zero-order chi connectivity index (χ0) is 25.9. The Morgan fingerprint density at radius 1 is 0.973 bits per heavy atom. The van der Waals surface area contributed by atoms with Crippen molar-refractivity contribution in [3.8, 4) is 28.5 Å². The number of pyridine rings is 1. The maximum atomic E-state index is 12.0. The summed E-state index contributed by atoms with van der Waals surface area (Å²) in [7, 11) is 0. The van der Waals surface area contributed by atoms with Gasteiger partial charge in [0.25, 0.3) is 0 Å². The van der Waals surface area contributed by atoms with Crippen LogP contribution in [0.15, 0.2) is 99.2 Å². The molecule has 0 radical (unpaired) electrons. The van der Waals surface area contributed by atoms with Gasteiger partial charge in [-0.25, -0.2) is 9.78 Å². The number of carbonyl (C=O) groups excluding carboxylic acids is 1. The molecule has 6 heteroatoms. The Morgan fingerprint density at radius 2 is 1.73 bits per heavy atom. The summed E-state index contributed by atoms with van der Waals surface area (Å²) in [6.07, 6.45) is 0. The van der Waals surface area contributed by atoms with Crippen LogP contribution < -0.4 is 5.63 Å². The van der Waals surface area contributed by atoms with E-state index in [1.807, 2.05) is 79.7 Å². The van der Waals surface area contributed by atoms with Crippen LogP contribution in [0, 0.1) is 18.3 Å². The Labute approximate surface area is 218 Å². The number of benzene rings is 3. The van der Waals surface area contributed by atoms with Crippen molar-refractivity contribution in [2.75, 3.05) is 0 Å².